The van der Waals surface area contributed by atoms with E-state index in [-0.39, 0.29) is 11.3 Å². The molecule has 138 valence electrons. The van der Waals surface area contributed by atoms with Crippen LogP contribution in [0.4, 0.5) is 0 Å². The van der Waals surface area contributed by atoms with Crippen molar-refractivity contribution in [2.24, 2.45) is 0 Å². The summed E-state index contributed by atoms with van der Waals surface area (Å²) in [7, 11) is 0. The molecule has 4 aromatic rings. The number of fused-ring (bicyclic) bond motifs is 1. The van der Waals surface area contributed by atoms with E-state index in [4.69, 9.17) is 4.52 Å². The number of aromatic nitrogens is 2. The van der Waals surface area contributed by atoms with Crippen molar-refractivity contribution in [1.82, 2.24) is 21.0 Å². The minimum absolute atomic E-state index is 0.198. The Balaban J connectivity index is 1.51. The van der Waals surface area contributed by atoms with Gasteiger partial charge in [0.15, 0.2) is 0 Å². The Kier molecular flexibility index (Phi) is 4.55. The molecule has 0 unspecified atom stereocenters. The second kappa shape index (κ2) is 7.32. The molecule has 2 heterocycles. The van der Waals surface area contributed by atoms with E-state index in [1.165, 1.54) is 0 Å². The molecule has 0 atom stereocenters. The van der Waals surface area contributed by atoms with Gasteiger partial charge in [-0.25, -0.2) is 4.98 Å². The number of pyridine rings is 1. The van der Waals surface area contributed by atoms with Crippen LogP contribution in [0.15, 0.2) is 71.3 Å². The van der Waals surface area contributed by atoms with Crippen LogP contribution in [0.1, 0.15) is 26.6 Å². The third-order valence-corrected chi connectivity index (χ3v) is 4.26. The number of para-hydroxylation sites is 1. The molecule has 7 nitrogen and oxygen atoms in total. The molecule has 0 aliphatic rings. The smallest absolute Gasteiger partial charge is 0.288 e. The zero-order valence-corrected chi connectivity index (χ0v) is 15.0. The van der Waals surface area contributed by atoms with Gasteiger partial charge < -0.3 is 4.52 Å². The highest BCUT2D eigenvalue weighted by Crippen LogP contribution is 2.24. The summed E-state index contributed by atoms with van der Waals surface area (Å²) in [6.45, 7) is 1.64. The summed E-state index contributed by atoms with van der Waals surface area (Å²) in [6.07, 6.45) is 0. The topological polar surface area (TPSA) is 97.1 Å². The second-order valence-electron chi connectivity index (χ2n) is 6.13. The van der Waals surface area contributed by atoms with Crippen LogP contribution in [0, 0.1) is 6.92 Å². The summed E-state index contributed by atoms with van der Waals surface area (Å²) in [6, 6.07) is 20.1. The Hall–Kier alpha value is -4.00. The maximum atomic E-state index is 12.6. The molecule has 2 N–H and O–H groups in total. The first-order valence-electron chi connectivity index (χ1n) is 8.61. The molecule has 0 fully saturated rings. The lowest BCUT2D eigenvalue weighted by atomic mass is 10.1. The minimum atomic E-state index is -0.522. The van der Waals surface area contributed by atoms with Crippen molar-refractivity contribution in [3.63, 3.8) is 0 Å². The Morgan fingerprint density at radius 3 is 2.39 bits per heavy atom. The summed E-state index contributed by atoms with van der Waals surface area (Å²) in [5, 5.41) is 4.89. The maximum absolute atomic E-state index is 12.6. The predicted molar refractivity (Wildman–Crippen MR) is 103 cm³/mol. The lowest BCUT2D eigenvalue weighted by Crippen LogP contribution is -2.42. The van der Waals surface area contributed by atoms with Gasteiger partial charge in [-0.2, -0.15) is 0 Å². The molecule has 0 aliphatic carbocycles. The van der Waals surface area contributed by atoms with Crippen LogP contribution in [-0.4, -0.2) is 22.0 Å². The number of nitrogens with one attached hydrogen (secondary N) is 2. The zero-order valence-electron chi connectivity index (χ0n) is 15.0. The van der Waals surface area contributed by atoms with Crippen molar-refractivity contribution < 1.29 is 14.1 Å². The molecule has 28 heavy (non-hydrogen) atoms. The van der Waals surface area contributed by atoms with Gasteiger partial charge in [0.1, 0.15) is 22.7 Å². The molecule has 0 saturated carbocycles. The summed E-state index contributed by atoms with van der Waals surface area (Å²) in [5.41, 5.74) is 7.10. The monoisotopic (exact) mass is 372 g/mol. The number of aryl methyl sites for hydroxylation is 1. The molecule has 2 aromatic carbocycles. The number of benzene rings is 2. The molecule has 0 spiro atoms. The van der Waals surface area contributed by atoms with Gasteiger partial charge in [0, 0.05) is 10.9 Å². The fourth-order valence-corrected chi connectivity index (χ4v) is 2.87. The highest BCUT2D eigenvalue weighted by Gasteiger charge is 2.22. The van der Waals surface area contributed by atoms with Crippen molar-refractivity contribution in [2.75, 3.05) is 0 Å². The minimum Gasteiger partial charge on any atom is -0.360 e. The molecule has 0 bridgehead atoms. The first kappa shape index (κ1) is 17.4. The van der Waals surface area contributed by atoms with Gasteiger partial charge in [-0.1, -0.05) is 59.8 Å². The van der Waals surface area contributed by atoms with Crippen molar-refractivity contribution >= 4 is 22.7 Å². The van der Waals surface area contributed by atoms with Gasteiger partial charge in [0.25, 0.3) is 11.8 Å². The third-order valence-electron chi connectivity index (χ3n) is 4.26. The predicted octanol–water partition coefficient (Wildman–Crippen LogP) is 3.27. The van der Waals surface area contributed by atoms with Crippen LogP contribution < -0.4 is 10.9 Å². The number of carbonyl (C=O) groups is 2. The summed E-state index contributed by atoms with van der Waals surface area (Å²) in [5.74, 6) is -0.685. The molecule has 0 saturated heterocycles. The lowest BCUT2D eigenvalue weighted by molar-refractivity contribution is 0.0843. The average Bonchev–Trinajstić information content (AvgIpc) is 3.13. The van der Waals surface area contributed by atoms with E-state index in [9.17, 15) is 9.59 Å². The van der Waals surface area contributed by atoms with Crippen LogP contribution >= 0.6 is 0 Å². The first-order valence-corrected chi connectivity index (χ1v) is 8.61. The Morgan fingerprint density at radius 1 is 0.857 bits per heavy atom. The average molecular weight is 372 g/mol. The molecular formula is C21H16N4O3. The molecule has 0 aliphatic heterocycles. The number of rotatable bonds is 3. The van der Waals surface area contributed by atoms with Crippen LogP contribution in [0.2, 0.25) is 0 Å². The Bertz CT molecular complexity index is 1170. The first-order chi connectivity index (χ1) is 13.6. The van der Waals surface area contributed by atoms with Gasteiger partial charge in [-0.3, -0.25) is 20.4 Å². The number of nitrogens with zero attached hydrogens (tertiary/aromatic N) is 2. The van der Waals surface area contributed by atoms with Crippen LogP contribution in [-0.2, 0) is 0 Å². The summed E-state index contributed by atoms with van der Waals surface area (Å²) in [4.78, 5) is 29.3. The maximum Gasteiger partial charge on any atom is 0.288 e. The Labute approximate surface area is 160 Å². The molecular weight excluding hydrogens is 356 g/mol. The van der Waals surface area contributed by atoms with Gasteiger partial charge in [-0.05, 0) is 19.1 Å². The summed E-state index contributed by atoms with van der Waals surface area (Å²) < 4.78 is 5.17. The largest absolute Gasteiger partial charge is 0.360 e. The zero-order chi connectivity index (χ0) is 19.5. The normalized spacial score (nSPS) is 10.6. The molecule has 7 heteroatoms. The van der Waals surface area contributed by atoms with E-state index in [0.29, 0.717) is 17.0 Å². The highest BCUT2D eigenvalue weighted by atomic mass is 16.5. The van der Waals surface area contributed by atoms with E-state index < -0.39 is 11.8 Å². The van der Waals surface area contributed by atoms with Crippen molar-refractivity contribution in [3.05, 3.63) is 83.7 Å². The Morgan fingerprint density at radius 2 is 1.57 bits per heavy atom. The third kappa shape index (κ3) is 3.33. The molecule has 4 rings (SSSR count). The van der Waals surface area contributed by atoms with Crippen LogP contribution in [0.25, 0.3) is 22.2 Å². The van der Waals surface area contributed by atoms with Gasteiger partial charge in [-0.15, -0.1) is 0 Å². The van der Waals surface area contributed by atoms with Crippen molar-refractivity contribution in [2.45, 2.75) is 6.92 Å². The number of hydrogen-bond acceptors (Lipinski definition) is 5. The molecule has 0 radical (unpaired) electrons. The number of amides is 2. The van der Waals surface area contributed by atoms with E-state index >= 15 is 0 Å². The van der Waals surface area contributed by atoms with Crippen LogP contribution in [0.5, 0.6) is 0 Å². The summed E-state index contributed by atoms with van der Waals surface area (Å²) >= 11 is 0. The number of carbonyl (C=O) groups excluding carboxylic acids is 2. The van der Waals surface area contributed by atoms with E-state index in [1.54, 1.807) is 19.1 Å². The van der Waals surface area contributed by atoms with Gasteiger partial charge in [0.05, 0.1) is 5.52 Å². The second-order valence-corrected chi connectivity index (χ2v) is 6.13. The van der Waals surface area contributed by atoms with E-state index in [0.717, 1.165) is 10.9 Å². The highest BCUT2D eigenvalue weighted by molar-refractivity contribution is 6.03. The SMILES string of the molecule is Cc1onc(-c2ccccc2)c1C(=O)NNC(=O)c1ccc2ccccc2n1. The van der Waals surface area contributed by atoms with Gasteiger partial charge in [0.2, 0.25) is 0 Å². The van der Waals surface area contributed by atoms with Crippen molar-refractivity contribution in [1.29, 1.82) is 0 Å². The van der Waals surface area contributed by atoms with E-state index in [1.807, 2.05) is 54.6 Å². The van der Waals surface area contributed by atoms with E-state index in [2.05, 4.69) is 21.0 Å². The van der Waals surface area contributed by atoms with Gasteiger partial charge >= 0.3 is 0 Å². The molecule has 2 aromatic heterocycles. The van der Waals surface area contributed by atoms with Crippen LogP contribution in [0.3, 0.4) is 0 Å². The fraction of sp³-hybridized carbons (Fsp3) is 0.0476. The fourth-order valence-electron chi connectivity index (χ4n) is 2.87. The quantitative estimate of drug-likeness (QED) is 0.538. The van der Waals surface area contributed by atoms with Crippen molar-refractivity contribution in [3.8, 4) is 11.3 Å². The number of hydrogen-bond donors (Lipinski definition) is 2. The number of hydrazine groups is 1. The standard InChI is InChI=1S/C21H16N4O3/c1-13-18(19(25-28-13)15-8-3-2-4-9-15)21(27)24-23-20(26)17-12-11-14-7-5-6-10-16(14)22-17/h2-12H,1H3,(H,23,26)(H,24,27). The lowest BCUT2D eigenvalue weighted by Gasteiger charge is -2.08. The molecule has 2 amide bonds.